The van der Waals surface area contributed by atoms with Gasteiger partial charge in [0.05, 0.1) is 18.1 Å². The van der Waals surface area contributed by atoms with Crippen LogP contribution in [0.3, 0.4) is 0 Å². The van der Waals surface area contributed by atoms with Crippen LogP contribution in [0.5, 0.6) is 0 Å². The van der Waals surface area contributed by atoms with E-state index < -0.39 is 10.0 Å². The molecule has 6 nitrogen and oxygen atoms in total. The summed E-state index contributed by atoms with van der Waals surface area (Å²) < 4.78 is 32.3. The van der Waals surface area contributed by atoms with Gasteiger partial charge in [-0.3, -0.25) is 4.79 Å². The molecule has 1 aromatic rings. The number of nitrogens with one attached hydrogen (secondary N) is 1. The van der Waals surface area contributed by atoms with Crippen LogP contribution in [0.15, 0.2) is 29.2 Å². The molecule has 1 unspecified atom stereocenters. The normalized spacial score (nSPS) is 19.5. The summed E-state index contributed by atoms with van der Waals surface area (Å²) in [6.07, 6.45) is 1.89. The minimum atomic E-state index is -3.62. The van der Waals surface area contributed by atoms with E-state index in [1.54, 1.807) is 12.1 Å². The molecule has 1 aliphatic heterocycles. The third-order valence-electron chi connectivity index (χ3n) is 3.83. The smallest absolute Gasteiger partial charge is 0.251 e. The summed E-state index contributed by atoms with van der Waals surface area (Å²) in [5, 5.41) is 2.80. The van der Waals surface area contributed by atoms with Crippen molar-refractivity contribution in [3.05, 3.63) is 29.8 Å². The van der Waals surface area contributed by atoms with Crippen molar-refractivity contribution in [2.24, 2.45) is 0 Å². The number of rotatable bonds is 6. The Bertz CT molecular complexity index is 645. The van der Waals surface area contributed by atoms with Crippen molar-refractivity contribution in [3.8, 4) is 0 Å². The minimum Gasteiger partial charge on any atom is -0.378 e. The zero-order chi connectivity index (χ0) is 16.9. The second-order valence-corrected chi connectivity index (χ2v) is 7.57. The topological polar surface area (TPSA) is 75.7 Å². The van der Waals surface area contributed by atoms with E-state index in [-0.39, 0.29) is 16.8 Å². The Balaban J connectivity index is 2.19. The summed E-state index contributed by atoms with van der Waals surface area (Å²) >= 11 is 0. The molecule has 7 heteroatoms. The molecule has 1 atom stereocenters. The lowest BCUT2D eigenvalue weighted by Crippen LogP contribution is -2.46. The van der Waals surface area contributed by atoms with Gasteiger partial charge < -0.3 is 10.1 Å². The first-order chi connectivity index (χ1) is 11.0. The van der Waals surface area contributed by atoms with Crippen molar-refractivity contribution in [1.82, 2.24) is 9.62 Å². The van der Waals surface area contributed by atoms with E-state index in [4.69, 9.17) is 4.74 Å². The predicted octanol–water partition coefficient (Wildman–Crippen LogP) is 1.63. The average Bonchev–Trinajstić information content (AvgIpc) is 2.55. The molecule has 0 bridgehead atoms. The van der Waals surface area contributed by atoms with E-state index in [0.29, 0.717) is 31.9 Å². The van der Waals surface area contributed by atoms with E-state index in [1.165, 1.54) is 16.4 Å². The molecule has 1 aromatic carbocycles. The van der Waals surface area contributed by atoms with Gasteiger partial charge in [-0.1, -0.05) is 19.4 Å². The summed E-state index contributed by atoms with van der Waals surface area (Å²) in [6, 6.07) is 5.99. The molecule has 1 N–H and O–H groups in total. The van der Waals surface area contributed by atoms with E-state index in [1.807, 2.05) is 13.8 Å². The number of carbonyl (C=O) groups excluding carboxylic acids is 1. The molecule has 1 heterocycles. The fourth-order valence-electron chi connectivity index (χ4n) is 2.48. The quantitative estimate of drug-likeness (QED) is 0.799. The number of unbranched alkanes of at least 4 members (excludes halogenated alkanes) is 1. The van der Waals surface area contributed by atoms with Gasteiger partial charge in [-0.05, 0) is 31.5 Å². The third kappa shape index (κ3) is 4.31. The Morgan fingerprint density at radius 3 is 2.91 bits per heavy atom. The molecule has 2 rings (SSSR count). The molecular formula is C16H24N2O4S. The monoisotopic (exact) mass is 340 g/mol. The number of morpholine rings is 1. The zero-order valence-electron chi connectivity index (χ0n) is 13.6. The molecule has 1 aliphatic rings. The van der Waals surface area contributed by atoms with Crippen molar-refractivity contribution in [2.45, 2.75) is 37.6 Å². The first-order valence-electron chi connectivity index (χ1n) is 7.94. The maximum Gasteiger partial charge on any atom is 0.251 e. The predicted molar refractivity (Wildman–Crippen MR) is 87.9 cm³/mol. The van der Waals surface area contributed by atoms with Crippen LogP contribution in [0, 0.1) is 0 Å². The fourth-order valence-corrected chi connectivity index (χ4v) is 4.13. The molecule has 128 valence electrons. The molecule has 0 aromatic heterocycles. The first kappa shape index (κ1) is 17.9. The van der Waals surface area contributed by atoms with Gasteiger partial charge in [0.1, 0.15) is 0 Å². The van der Waals surface area contributed by atoms with Gasteiger partial charge in [0.25, 0.3) is 5.91 Å². The van der Waals surface area contributed by atoms with Gasteiger partial charge in [0.2, 0.25) is 10.0 Å². The van der Waals surface area contributed by atoms with Gasteiger partial charge >= 0.3 is 0 Å². The van der Waals surface area contributed by atoms with E-state index in [0.717, 1.165) is 12.8 Å². The molecule has 0 aliphatic carbocycles. The van der Waals surface area contributed by atoms with Crippen LogP contribution in [-0.4, -0.2) is 51.0 Å². The number of ether oxygens (including phenoxy) is 1. The minimum absolute atomic E-state index is 0.148. The fraction of sp³-hybridized carbons (Fsp3) is 0.562. The van der Waals surface area contributed by atoms with Crippen LogP contribution in [0.2, 0.25) is 0 Å². The summed E-state index contributed by atoms with van der Waals surface area (Å²) in [5.74, 6) is -0.245. The number of amides is 1. The largest absolute Gasteiger partial charge is 0.378 e. The van der Waals surface area contributed by atoms with Gasteiger partial charge in [-0.2, -0.15) is 4.31 Å². The van der Waals surface area contributed by atoms with Gasteiger partial charge in [0, 0.05) is 24.7 Å². The molecule has 1 amide bonds. The summed E-state index contributed by atoms with van der Waals surface area (Å²) in [4.78, 5) is 12.2. The van der Waals surface area contributed by atoms with Crippen LogP contribution in [0.4, 0.5) is 0 Å². The Kier molecular flexibility index (Phi) is 6.15. The van der Waals surface area contributed by atoms with Gasteiger partial charge in [-0.25, -0.2) is 8.42 Å². The number of hydrogen-bond acceptors (Lipinski definition) is 4. The van der Waals surface area contributed by atoms with Crippen LogP contribution in [-0.2, 0) is 14.8 Å². The number of sulfonamides is 1. The van der Waals surface area contributed by atoms with Crippen molar-refractivity contribution >= 4 is 15.9 Å². The van der Waals surface area contributed by atoms with E-state index >= 15 is 0 Å². The van der Waals surface area contributed by atoms with Gasteiger partial charge in [0.15, 0.2) is 0 Å². The Hall–Kier alpha value is -1.44. The van der Waals surface area contributed by atoms with E-state index in [9.17, 15) is 13.2 Å². The Morgan fingerprint density at radius 2 is 2.22 bits per heavy atom. The number of nitrogens with zero attached hydrogens (tertiary/aromatic N) is 1. The lowest BCUT2D eigenvalue weighted by molar-refractivity contribution is 0.0392. The van der Waals surface area contributed by atoms with Crippen molar-refractivity contribution in [1.29, 1.82) is 0 Å². The van der Waals surface area contributed by atoms with Gasteiger partial charge in [-0.15, -0.1) is 0 Å². The number of benzene rings is 1. The van der Waals surface area contributed by atoms with Crippen molar-refractivity contribution < 1.29 is 17.9 Å². The SMILES string of the molecule is CCCCNC(=O)c1cccc(S(=O)(=O)N2CCOCC2C)c1. The molecule has 1 saturated heterocycles. The number of hydrogen-bond donors (Lipinski definition) is 1. The molecule has 0 radical (unpaired) electrons. The Labute approximate surface area is 137 Å². The van der Waals surface area contributed by atoms with Crippen LogP contribution >= 0.6 is 0 Å². The highest BCUT2D eigenvalue weighted by atomic mass is 32.2. The maximum atomic E-state index is 12.8. The van der Waals surface area contributed by atoms with E-state index in [2.05, 4.69) is 5.32 Å². The summed E-state index contributed by atoms with van der Waals surface area (Å²) in [5.41, 5.74) is 0.364. The first-order valence-corrected chi connectivity index (χ1v) is 9.38. The van der Waals surface area contributed by atoms with Crippen LogP contribution in [0.25, 0.3) is 0 Å². The van der Waals surface area contributed by atoms with Crippen molar-refractivity contribution in [3.63, 3.8) is 0 Å². The maximum absolute atomic E-state index is 12.8. The highest BCUT2D eigenvalue weighted by molar-refractivity contribution is 7.89. The van der Waals surface area contributed by atoms with Crippen LogP contribution < -0.4 is 5.32 Å². The van der Waals surface area contributed by atoms with Crippen LogP contribution in [0.1, 0.15) is 37.0 Å². The second-order valence-electron chi connectivity index (χ2n) is 5.68. The highest BCUT2D eigenvalue weighted by Gasteiger charge is 2.31. The standard InChI is InChI=1S/C16H24N2O4S/c1-3-4-8-17-16(19)14-6-5-7-15(11-14)23(20,21)18-9-10-22-12-13(18)2/h5-7,11,13H,3-4,8-10,12H2,1-2H3,(H,17,19). The number of carbonyl (C=O) groups is 1. The second kappa shape index (κ2) is 7.90. The lowest BCUT2D eigenvalue weighted by atomic mass is 10.2. The molecule has 0 spiro atoms. The summed E-state index contributed by atoms with van der Waals surface area (Å²) in [6.45, 7) is 5.56. The van der Waals surface area contributed by atoms with Crippen molar-refractivity contribution in [2.75, 3.05) is 26.3 Å². The molecule has 0 saturated carbocycles. The summed E-state index contributed by atoms with van der Waals surface area (Å²) in [7, 11) is -3.62. The lowest BCUT2D eigenvalue weighted by Gasteiger charge is -2.32. The molecular weight excluding hydrogens is 316 g/mol. The average molecular weight is 340 g/mol. The molecule has 1 fully saturated rings. The molecule has 23 heavy (non-hydrogen) atoms. The highest BCUT2D eigenvalue weighted by Crippen LogP contribution is 2.21. The zero-order valence-corrected chi connectivity index (χ0v) is 14.4. The Morgan fingerprint density at radius 1 is 1.43 bits per heavy atom. The third-order valence-corrected chi connectivity index (χ3v) is 5.83.